The Bertz CT molecular complexity index is 1040. The van der Waals surface area contributed by atoms with E-state index in [1.165, 1.54) is 0 Å². The van der Waals surface area contributed by atoms with E-state index in [2.05, 4.69) is 17.2 Å². The Morgan fingerprint density at radius 1 is 1.41 bits per heavy atom. The number of H-pyrrole nitrogens is 1. The molecule has 12 heteroatoms. The van der Waals surface area contributed by atoms with Gasteiger partial charge in [-0.2, -0.15) is 0 Å². The maximum absolute atomic E-state index is 13.7. The summed E-state index contributed by atoms with van der Waals surface area (Å²) < 4.78 is 36.1. The van der Waals surface area contributed by atoms with Crippen LogP contribution in [0, 0.1) is 17.4 Å². The molecule has 0 bridgehead atoms. The molecule has 1 fully saturated rings. The molecule has 3 N–H and O–H groups in total. The van der Waals surface area contributed by atoms with Crippen molar-refractivity contribution in [2.45, 2.75) is 44.7 Å². The predicted octanol–water partition coefficient (Wildman–Crippen LogP) is 2.52. The molecule has 0 spiro atoms. The summed E-state index contributed by atoms with van der Waals surface area (Å²) in [6.07, 6.45) is -0.842. The summed E-state index contributed by atoms with van der Waals surface area (Å²) in [6, 6.07) is 5.51. The molecule has 2 aromatic rings. The monoisotopic (exact) mass is 444 g/mol. The van der Waals surface area contributed by atoms with Gasteiger partial charge in [-0.05, 0) is 25.8 Å². The van der Waals surface area contributed by atoms with Gasteiger partial charge >= 0.3 is 20.3 Å². The molecule has 1 aromatic carbocycles. The van der Waals surface area contributed by atoms with Gasteiger partial charge in [0.1, 0.15) is 22.7 Å². The number of aliphatic hydroxyl groups is 2. The zero-order valence-electron chi connectivity index (χ0n) is 15.2. The first-order valence-corrected chi connectivity index (χ1v) is 10.2. The van der Waals surface area contributed by atoms with E-state index in [-0.39, 0.29) is 24.1 Å². The van der Waals surface area contributed by atoms with E-state index in [9.17, 15) is 19.4 Å². The highest BCUT2D eigenvalue weighted by atomic mass is 32.1. The Balaban J connectivity index is 1.44. The third kappa shape index (κ3) is 4.26. The quantitative estimate of drug-likeness (QED) is 0.375. The van der Waals surface area contributed by atoms with Crippen LogP contribution < -0.4 is 10.2 Å². The number of aromatic amines is 1. The highest BCUT2D eigenvalue weighted by Gasteiger charge is 2.47. The molecule has 3 heterocycles. The fourth-order valence-corrected chi connectivity index (χ4v) is 4.33. The van der Waals surface area contributed by atoms with Crippen molar-refractivity contribution in [3.63, 3.8) is 0 Å². The number of aromatic nitrogens is 2. The Kier molecular flexibility index (Phi) is 5.56. The number of benzene rings is 1. The molecule has 3 atom stereocenters. The first-order valence-electron chi connectivity index (χ1n) is 8.74. The highest BCUT2D eigenvalue weighted by Crippen LogP contribution is 2.50. The van der Waals surface area contributed by atoms with Crippen LogP contribution in [0.15, 0.2) is 29.2 Å². The number of rotatable bonds is 4. The zero-order chi connectivity index (χ0) is 20.8. The van der Waals surface area contributed by atoms with Crippen LogP contribution in [-0.2, 0) is 20.4 Å². The predicted molar refractivity (Wildman–Crippen MR) is 101 cm³/mol. The molecular weight excluding hydrogens is 426 g/mol. The molecule has 2 aliphatic heterocycles. The van der Waals surface area contributed by atoms with Crippen LogP contribution in [0.3, 0.4) is 0 Å². The molecule has 1 aromatic heterocycles. The maximum atomic E-state index is 13.7. The third-order valence-electron chi connectivity index (χ3n) is 4.57. The van der Waals surface area contributed by atoms with Gasteiger partial charge in [0.15, 0.2) is 5.82 Å². The van der Waals surface area contributed by atoms with Crippen molar-refractivity contribution >= 4 is 20.8 Å². The lowest BCUT2D eigenvalue weighted by Gasteiger charge is -2.32. The van der Waals surface area contributed by atoms with Gasteiger partial charge in [-0.25, -0.2) is 13.7 Å². The fraction of sp³-hybridized carbons (Fsp3) is 0.412. The smallest absolute Gasteiger partial charge is 0.402 e. The number of fused-ring (bicyclic) bond motifs is 1. The number of aryl methyl sites for hydroxylation is 1. The highest BCUT2D eigenvalue weighted by molar-refractivity contribution is 7.71. The minimum atomic E-state index is -2.73. The Morgan fingerprint density at radius 2 is 2.21 bits per heavy atom. The van der Waals surface area contributed by atoms with E-state index in [1.807, 2.05) is 19.1 Å². The number of nitrogens with zero attached hydrogens (tertiary/aromatic N) is 1. The van der Waals surface area contributed by atoms with E-state index in [4.69, 9.17) is 18.3 Å². The third-order valence-corrected chi connectivity index (χ3v) is 5.97. The summed E-state index contributed by atoms with van der Waals surface area (Å²) in [6.45, 7) is 2.14. The lowest BCUT2D eigenvalue weighted by atomic mass is 10.1. The van der Waals surface area contributed by atoms with E-state index >= 15 is 0 Å². The first-order chi connectivity index (χ1) is 13.7. The Morgan fingerprint density at radius 3 is 3.00 bits per heavy atom. The molecule has 0 amide bonds. The lowest BCUT2D eigenvalue weighted by Crippen LogP contribution is -2.44. The van der Waals surface area contributed by atoms with Crippen molar-refractivity contribution in [2.24, 2.45) is 0 Å². The summed E-state index contributed by atoms with van der Waals surface area (Å²) in [5.41, 5.74) is 1.20. The average molecular weight is 444 g/mol. The van der Waals surface area contributed by atoms with E-state index in [0.29, 0.717) is 5.75 Å². The van der Waals surface area contributed by atoms with Crippen molar-refractivity contribution < 1.29 is 32.9 Å². The Hall–Kier alpha value is -1.72. The van der Waals surface area contributed by atoms with Crippen molar-refractivity contribution in [3.05, 3.63) is 56.5 Å². The van der Waals surface area contributed by atoms with Gasteiger partial charge in [-0.15, -0.1) is 0 Å². The van der Waals surface area contributed by atoms with Crippen molar-refractivity contribution in [1.29, 1.82) is 0 Å². The minimum absolute atomic E-state index is 0.139. The normalized spacial score (nSPS) is 24.2. The number of hydrogen-bond donors (Lipinski definition) is 3. The first kappa shape index (κ1) is 20.5. The number of nitrogens with one attached hydrogen (secondary N) is 1. The number of hydrogen-bond acceptors (Lipinski definition) is 8. The molecule has 0 radical (unpaired) electrons. The van der Waals surface area contributed by atoms with Crippen LogP contribution >= 0.6 is 20.8 Å². The van der Waals surface area contributed by atoms with Crippen molar-refractivity contribution in [1.82, 2.24) is 9.55 Å². The second kappa shape index (κ2) is 7.84. The molecule has 1 saturated heterocycles. The summed E-state index contributed by atoms with van der Waals surface area (Å²) in [4.78, 5) is 14.2. The molecule has 0 saturated carbocycles. The maximum Gasteiger partial charge on any atom is 0.402 e. The molecule has 3 unspecified atom stereocenters. The van der Waals surface area contributed by atoms with Crippen molar-refractivity contribution in [2.75, 3.05) is 0 Å². The van der Waals surface area contributed by atoms with E-state index in [1.54, 1.807) is 6.07 Å². The van der Waals surface area contributed by atoms with Crippen LogP contribution in [0.25, 0.3) is 0 Å². The van der Waals surface area contributed by atoms with E-state index in [0.717, 1.165) is 21.9 Å². The van der Waals surface area contributed by atoms with Gasteiger partial charge in [0, 0.05) is 5.56 Å². The van der Waals surface area contributed by atoms with Gasteiger partial charge < -0.3 is 19.5 Å². The Labute approximate surface area is 170 Å². The second-order valence-corrected chi connectivity index (χ2v) is 8.23. The summed E-state index contributed by atoms with van der Waals surface area (Å²) in [7, 11) is -2.08. The molecule has 156 valence electrons. The molecule has 29 heavy (non-hydrogen) atoms. The zero-order valence-corrected chi connectivity index (χ0v) is 16.9. The van der Waals surface area contributed by atoms with Crippen LogP contribution in [0.2, 0.25) is 0 Å². The van der Waals surface area contributed by atoms with Crippen LogP contribution in [0.4, 0.5) is 4.39 Å². The van der Waals surface area contributed by atoms with Crippen LogP contribution in [0.5, 0.6) is 5.75 Å². The fourth-order valence-electron chi connectivity index (χ4n) is 3.13. The molecule has 0 aliphatic carbocycles. The van der Waals surface area contributed by atoms with Crippen LogP contribution in [-0.4, -0.2) is 31.8 Å². The van der Waals surface area contributed by atoms with Gasteiger partial charge in [-0.3, -0.25) is 14.1 Å². The van der Waals surface area contributed by atoms with Gasteiger partial charge in [-0.1, -0.05) is 29.9 Å². The lowest BCUT2D eigenvalue weighted by molar-refractivity contribution is -0.346. The molecule has 2 aliphatic rings. The number of halogens is 1. The SMILES string of the molecule is Cc1ccc2c(c1)COP(OC(O)(O)C1CCC(n3cc(F)c(=S)[nH]c3=O)O1)O2. The van der Waals surface area contributed by atoms with Gasteiger partial charge in [0.05, 0.1) is 12.8 Å². The van der Waals surface area contributed by atoms with Gasteiger partial charge in [0.2, 0.25) is 0 Å². The standard InChI is InChI=1S/C17H18FN2O7PS/c1-9-2-3-12-10(6-9)8-24-28(26-12)27-17(22,23)13-4-5-14(25-13)20-7-11(18)15(29)19-16(20)21/h2-3,6-7,13-14,22-23H,4-5,8H2,1H3,(H,19,21,29). The minimum Gasteiger partial charge on any atom is -0.426 e. The molecule has 4 rings (SSSR count). The van der Waals surface area contributed by atoms with Gasteiger partial charge in [0.25, 0.3) is 0 Å². The van der Waals surface area contributed by atoms with Crippen LogP contribution in [0.1, 0.15) is 30.2 Å². The summed E-state index contributed by atoms with van der Waals surface area (Å²) >= 11 is 4.67. The molecule has 9 nitrogen and oxygen atoms in total. The summed E-state index contributed by atoms with van der Waals surface area (Å²) in [5, 5.41) is 20.7. The second-order valence-electron chi connectivity index (χ2n) is 6.75. The summed E-state index contributed by atoms with van der Waals surface area (Å²) in [5.74, 6) is -2.98. The van der Waals surface area contributed by atoms with Crippen molar-refractivity contribution in [3.8, 4) is 5.75 Å². The largest absolute Gasteiger partial charge is 0.426 e. The topological polar surface area (TPSA) is 115 Å². The number of ether oxygens (including phenoxy) is 1. The molecular formula is C17H18FN2O7PS. The van der Waals surface area contributed by atoms with E-state index < -0.39 is 38.4 Å². The average Bonchev–Trinajstić information content (AvgIpc) is 3.15.